The second kappa shape index (κ2) is 5.63. The Balaban J connectivity index is 2.26. The summed E-state index contributed by atoms with van der Waals surface area (Å²) >= 11 is 0. The van der Waals surface area contributed by atoms with Gasteiger partial charge in [-0.2, -0.15) is 0 Å². The third-order valence-corrected chi connectivity index (χ3v) is 4.38. The Morgan fingerprint density at radius 1 is 1.00 bits per heavy atom. The summed E-state index contributed by atoms with van der Waals surface area (Å²) in [5.41, 5.74) is 0.240. The van der Waals surface area contributed by atoms with Gasteiger partial charge in [0.05, 0.1) is 5.52 Å². The van der Waals surface area contributed by atoms with Crippen molar-refractivity contribution in [3.63, 3.8) is 0 Å². The van der Waals surface area contributed by atoms with E-state index in [2.05, 4.69) is 0 Å². The van der Waals surface area contributed by atoms with Crippen LogP contribution >= 0.6 is 0 Å². The Bertz CT molecular complexity index is 1220. The predicted molar refractivity (Wildman–Crippen MR) is 97.0 cm³/mol. The molecular formula is C20H15NO4. The molecule has 0 aliphatic rings. The average molecular weight is 333 g/mol. The molecule has 0 saturated carbocycles. The van der Waals surface area contributed by atoms with Crippen molar-refractivity contribution in [3.05, 3.63) is 75.4 Å². The van der Waals surface area contributed by atoms with Crippen LogP contribution in [0.5, 0.6) is 5.75 Å². The molecule has 2 aromatic heterocycles. The quantitative estimate of drug-likeness (QED) is 0.570. The van der Waals surface area contributed by atoms with Crippen LogP contribution in [0.25, 0.3) is 33.0 Å². The van der Waals surface area contributed by atoms with Crippen molar-refractivity contribution in [2.24, 2.45) is 0 Å². The lowest BCUT2D eigenvalue weighted by Gasteiger charge is -2.12. The fourth-order valence-electron chi connectivity index (χ4n) is 3.23. The molecule has 0 aliphatic heterocycles. The summed E-state index contributed by atoms with van der Waals surface area (Å²) in [7, 11) is 0. The SMILES string of the molecule is CCn1c(=O)c2c(O)c(-c3ccccc3)c(=O)oc2c2ccccc21. The molecule has 0 saturated heterocycles. The Morgan fingerprint density at radius 3 is 2.40 bits per heavy atom. The molecule has 0 atom stereocenters. The number of para-hydroxylation sites is 1. The number of aromatic nitrogens is 1. The van der Waals surface area contributed by atoms with E-state index in [0.717, 1.165) is 0 Å². The van der Waals surface area contributed by atoms with Gasteiger partial charge in [0.25, 0.3) is 5.56 Å². The van der Waals surface area contributed by atoms with Crippen molar-refractivity contribution >= 4 is 21.9 Å². The van der Waals surface area contributed by atoms with E-state index >= 15 is 0 Å². The highest BCUT2D eigenvalue weighted by atomic mass is 16.4. The maximum absolute atomic E-state index is 12.9. The van der Waals surface area contributed by atoms with E-state index in [9.17, 15) is 14.7 Å². The molecule has 0 amide bonds. The minimum Gasteiger partial charge on any atom is -0.506 e. The monoisotopic (exact) mass is 333 g/mol. The van der Waals surface area contributed by atoms with Gasteiger partial charge in [-0.15, -0.1) is 0 Å². The van der Waals surface area contributed by atoms with Gasteiger partial charge in [-0.25, -0.2) is 4.79 Å². The summed E-state index contributed by atoms with van der Waals surface area (Å²) in [6, 6.07) is 15.9. The van der Waals surface area contributed by atoms with E-state index in [0.29, 0.717) is 23.0 Å². The Hall–Kier alpha value is -3.34. The molecule has 1 N–H and O–H groups in total. The average Bonchev–Trinajstić information content (AvgIpc) is 2.63. The smallest absolute Gasteiger partial charge is 0.348 e. The highest BCUT2D eigenvalue weighted by molar-refractivity contribution is 6.05. The zero-order valence-corrected chi connectivity index (χ0v) is 13.5. The van der Waals surface area contributed by atoms with Crippen molar-refractivity contribution in [2.45, 2.75) is 13.5 Å². The highest BCUT2D eigenvalue weighted by Crippen LogP contribution is 2.33. The normalized spacial score (nSPS) is 11.2. The summed E-state index contributed by atoms with van der Waals surface area (Å²) < 4.78 is 7.05. The molecular weight excluding hydrogens is 318 g/mol. The summed E-state index contributed by atoms with van der Waals surface area (Å²) in [6.45, 7) is 2.29. The lowest BCUT2D eigenvalue weighted by Crippen LogP contribution is -2.21. The lowest BCUT2D eigenvalue weighted by atomic mass is 10.0. The number of fused-ring (bicyclic) bond motifs is 3. The molecule has 2 heterocycles. The first-order valence-electron chi connectivity index (χ1n) is 8.00. The van der Waals surface area contributed by atoms with Gasteiger partial charge in [0.1, 0.15) is 16.7 Å². The van der Waals surface area contributed by atoms with Crippen LogP contribution < -0.4 is 11.2 Å². The zero-order chi connectivity index (χ0) is 17.6. The van der Waals surface area contributed by atoms with E-state index in [4.69, 9.17) is 4.42 Å². The maximum atomic E-state index is 12.9. The van der Waals surface area contributed by atoms with Crippen molar-refractivity contribution in [1.82, 2.24) is 4.57 Å². The fourth-order valence-corrected chi connectivity index (χ4v) is 3.23. The van der Waals surface area contributed by atoms with E-state index in [1.165, 1.54) is 0 Å². The van der Waals surface area contributed by atoms with Gasteiger partial charge in [0, 0.05) is 11.9 Å². The third-order valence-electron chi connectivity index (χ3n) is 4.38. The largest absolute Gasteiger partial charge is 0.506 e. The van der Waals surface area contributed by atoms with Crippen molar-refractivity contribution in [3.8, 4) is 16.9 Å². The molecule has 25 heavy (non-hydrogen) atoms. The van der Waals surface area contributed by atoms with Crippen LogP contribution in [0.15, 0.2) is 68.6 Å². The molecule has 4 rings (SSSR count). The standard InChI is InChI=1S/C20H15NO4/c1-2-21-14-11-7-6-10-13(14)18-16(19(21)23)17(22)15(20(24)25-18)12-8-4-3-5-9-12/h3-11,22H,2H2,1H3. The lowest BCUT2D eigenvalue weighted by molar-refractivity contribution is 0.470. The number of pyridine rings is 1. The van der Waals surface area contributed by atoms with Crippen LogP contribution in [0.2, 0.25) is 0 Å². The molecule has 0 aliphatic carbocycles. The van der Waals surface area contributed by atoms with E-state index < -0.39 is 5.63 Å². The maximum Gasteiger partial charge on any atom is 0.348 e. The summed E-state index contributed by atoms with van der Waals surface area (Å²) in [6.07, 6.45) is 0. The number of aromatic hydroxyl groups is 1. The topological polar surface area (TPSA) is 72.4 Å². The first-order valence-corrected chi connectivity index (χ1v) is 8.00. The van der Waals surface area contributed by atoms with Crippen molar-refractivity contribution in [2.75, 3.05) is 0 Å². The van der Waals surface area contributed by atoms with Crippen LogP contribution in [0, 0.1) is 0 Å². The molecule has 0 radical (unpaired) electrons. The number of nitrogens with zero attached hydrogens (tertiary/aromatic N) is 1. The highest BCUT2D eigenvalue weighted by Gasteiger charge is 2.21. The molecule has 2 aromatic carbocycles. The van der Waals surface area contributed by atoms with E-state index in [-0.39, 0.29) is 27.8 Å². The molecule has 0 spiro atoms. The Kier molecular flexibility index (Phi) is 3.42. The summed E-state index contributed by atoms with van der Waals surface area (Å²) in [5, 5.41) is 11.4. The van der Waals surface area contributed by atoms with Crippen LogP contribution in [0.1, 0.15) is 6.92 Å². The first kappa shape index (κ1) is 15.2. The van der Waals surface area contributed by atoms with Gasteiger partial charge in [-0.05, 0) is 24.6 Å². The first-order chi connectivity index (χ1) is 12.1. The molecule has 4 aromatic rings. The number of benzene rings is 2. The Labute approximate surface area is 142 Å². The van der Waals surface area contributed by atoms with Gasteiger partial charge in [-0.3, -0.25) is 4.79 Å². The van der Waals surface area contributed by atoms with Crippen molar-refractivity contribution < 1.29 is 9.52 Å². The third kappa shape index (κ3) is 2.16. The van der Waals surface area contributed by atoms with Gasteiger partial charge >= 0.3 is 5.63 Å². The van der Waals surface area contributed by atoms with Crippen LogP contribution in [-0.4, -0.2) is 9.67 Å². The van der Waals surface area contributed by atoms with Crippen LogP contribution in [0.4, 0.5) is 0 Å². The van der Waals surface area contributed by atoms with Gasteiger partial charge in [-0.1, -0.05) is 42.5 Å². The zero-order valence-electron chi connectivity index (χ0n) is 13.5. The van der Waals surface area contributed by atoms with Gasteiger partial charge < -0.3 is 14.1 Å². The number of hydrogen-bond acceptors (Lipinski definition) is 4. The summed E-state index contributed by atoms with van der Waals surface area (Å²) in [5.74, 6) is -0.338. The molecule has 5 heteroatoms. The number of hydrogen-bond donors (Lipinski definition) is 1. The molecule has 0 unspecified atom stereocenters. The second-order valence-electron chi connectivity index (χ2n) is 5.75. The van der Waals surface area contributed by atoms with Crippen LogP contribution in [-0.2, 0) is 6.54 Å². The van der Waals surface area contributed by atoms with E-state index in [1.54, 1.807) is 53.1 Å². The van der Waals surface area contributed by atoms with Crippen LogP contribution in [0.3, 0.4) is 0 Å². The fraction of sp³-hybridized carbons (Fsp3) is 0.100. The van der Waals surface area contributed by atoms with Gasteiger partial charge in [0.15, 0.2) is 5.58 Å². The second-order valence-corrected chi connectivity index (χ2v) is 5.75. The van der Waals surface area contributed by atoms with E-state index in [1.807, 2.05) is 13.0 Å². The Morgan fingerprint density at radius 2 is 1.68 bits per heavy atom. The number of aryl methyl sites for hydroxylation is 1. The number of rotatable bonds is 2. The molecule has 0 fully saturated rings. The van der Waals surface area contributed by atoms with Crippen molar-refractivity contribution in [1.29, 1.82) is 0 Å². The minimum atomic E-state index is -0.671. The summed E-state index contributed by atoms with van der Waals surface area (Å²) in [4.78, 5) is 25.5. The predicted octanol–water partition coefficient (Wildman–Crippen LogP) is 3.50. The minimum absolute atomic E-state index is 0.00290. The van der Waals surface area contributed by atoms with Gasteiger partial charge in [0.2, 0.25) is 0 Å². The molecule has 5 nitrogen and oxygen atoms in total. The molecule has 0 bridgehead atoms. The molecule has 124 valence electrons.